The normalized spacial score (nSPS) is 47.4. The number of hydrogen-bond donors (Lipinski definition) is 1. The van der Waals surface area contributed by atoms with Gasteiger partial charge in [0.05, 0.1) is 18.4 Å². The van der Waals surface area contributed by atoms with Crippen LogP contribution in [-0.4, -0.2) is 38.8 Å². The zero-order valence-electron chi connectivity index (χ0n) is 21.0. The summed E-state index contributed by atoms with van der Waals surface area (Å²) in [7, 11) is 0. The van der Waals surface area contributed by atoms with E-state index < -0.39 is 11.9 Å². The van der Waals surface area contributed by atoms with Gasteiger partial charge in [-0.15, -0.1) is 0 Å². The second-order valence-corrected chi connectivity index (χ2v) is 13.2. The molecule has 2 heterocycles. The van der Waals surface area contributed by atoms with Crippen molar-refractivity contribution in [1.29, 1.82) is 0 Å². The molecule has 34 heavy (non-hydrogen) atoms. The van der Waals surface area contributed by atoms with Crippen LogP contribution in [0.3, 0.4) is 0 Å². The van der Waals surface area contributed by atoms with Crippen molar-refractivity contribution < 1.29 is 14.3 Å². The predicted octanol–water partition coefficient (Wildman–Crippen LogP) is 5.13. The Bertz CT molecular complexity index is 1020. The van der Waals surface area contributed by atoms with Crippen LogP contribution in [0.5, 0.6) is 0 Å². The number of rotatable bonds is 3. The SMILES string of the molecule is C[C@@]1(O)CC[C@@]2(C)[C@@H](CC[C@@H]3[C@@H]2CC[C@]2(C)[C@@H](C(=O)Cn4cc5c(n4)C=NC(F)C5)CC[C@@H]32)C1. The number of hydrogen-bond acceptors (Lipinski definition) is 4. The average molecular weight is 470 g/mol. The Morgan fingerprint density at radius 3 is 2.71 bits per heavy atom. The molecule has 6 rings (SSSR count). The number of carbonyl (C=O) groups is 1. The third-order valence-corrected chi connectivity index (χ3v) is 11.3. The van der Waals surface area contributed by atoms with Crippen molar-refractivity contribution in [1.82, 2.24) is 9.78 Å². The van der Waals surface area contributed by atoms with Crippen molar-refractivity contribution in [3.05, 3.63) is 17.5 Å². The topological polar surface area (TPSA) is 67.5 Å². The van der Waals surface area contributed by atoms with Gasteiger partial charge in [0.25, 0.3) is 0 Å². The number of ketones is 1. The van der Waals surface area contributed by atoms with Crippen molar-refractivity contribution in [2.75, 3.05) is 0 Å². The minimum atomic E-state index is -1.20. The van der Waals surface area contributed by atoms with Gasteiger partial charge in [-0.3, -0.25) is 14.5 Å². The smallest absolute Gasteiger partial charge is 0.194 e. The van der Waals surface area contributed by atoms with Gasteiger partial charge < -0.3 is 5.11 Å². The highest BCUT2D eigenvalue weighted by molar-refractivity contribution is 5.83. The van der Waals surface area contributed by atoms with Gasteiger partial charge in [0.1, 0.15) is 5.69 Å². The maximum atomic E-state index is 13.6. The molecule has 0 radical (unpaired) electrons. The van der Waals surface area contributed by atoms with E-state index in [1.165, 1.54) is 31.9 Å². The first kappa shape index (κ1) is 22.9. The van der Waals surface area contributed by atoms with Crippen molar-refractivity contribution in [2.45, 2.75) is 103 Å². The van der Waals surface area contributed by atoms with Gasteiger partial charge in [0.2, 0.25) is 0 Å². The molecule has 4 fully saturated rings. The van der Waals surface area contributed by atoms with Crippen LogP contribution in [0.25, 0.3) is 0 Å². The summed E-state index contributed by atoms with van der Waals surface area (Å²) >= 11 is 0. The highest BCUT2D eigenvalue weighted by Crippen LogP contribution is 2.68. The molecule has 0 aromatic carbocycles. The number of aliphatic hydroxyl groups is 1. The van der Waals surface area contributed by atoms with Gasteiger partial charge in [-0.05, 0) is 99.2 Å². The van der Waals surface area contributed by atoms with Crippen LogP contribution in [0.2, 0.25) is 0 Å². The Hall–Kier alpha value is -1.56. The van der Waals surface area contributed by atoms with E-state index >= 15 is 0 Å². The molecule has 0 spiro atoms. The number of Topliss-reactive ketones (excluding diaryl/α,β-unsaturated/α-hetero) is 1. The van der Waals surface area contributed by atoms with Crippen LogP contribution in [-0.2, 0) is 17.8 Å². The van der Waals surface area contributed by atoms with Gasteiger partial charge in [-0.1, -0.05) is 13.8 Å². The van der Waals surface area contributed by atoms with E-state index in [-0.39, 0.29) is 24.3 Å². The summed E-state index contributed by atoms with van der Waals surface area (Å²) in [5, 5.41) is 15.2. The highest BCUT2D eigenvalue weighted by atomic mass is 19.1. The molecule has 0 bridgehead atoms. The second-order valence-electron chi connectivity index (χ2n) is 13.2. The van der Waals surface area contributed by atoms with Crippen molar-refractivity contribution in [3.8, 4) is 0 Å². The maximum Gasteiger partial charge on any atom is 0.194 e. The third-order valence-electron chi connectivity index (χ3n) is 11.3. The largest absolute Gasteiger partial charge is 0.390 e. The van der Waals surface area contributed by atoms with Crippen LogP contribution in [0.15, 0.2) is 11.2 Å². The maximum absolute atomic E-state index is 13.6. The monoisotopic (exact) mass is 469 g/mol. The fraction of sp³-hybridized carbons (Fsp3) is 0.821. The summed E-state index contributed by atoms with van der Waals surface area (Å²) in [5.74, 6) is 3.12. The molecule has 5 nitrogen and oxygen atoms in total. The Balaban J connectivity index is 1.18. The zero-order chi connectivity index (χ0) is 23.9. The lowest BCUT2D eigenvalue weighted by molar-refractivity contribution is -0.151. The highest BCUT2D eigenvalue weighted by Gasteiger charge is 2.61. The Morgan fingerprint density at radius 1 is 1.09 bits per heavy atom. The van der Waals surface area contributed by atoms with Gasteiger partial charge in [0, 0.05) is 24.1 Å². The number of aliphatic imine (C=N–C) groups is 1. The van der Waals surface area contributed by atoms with E-state index in [0.29, 0.717) is 28.7 Å². The summed E-state index contributed by atoms with van der Waals surface area (Å²) in [5.41, 5.74) is 1.49. The predicted molar refractivity (Wildman–Crippen MR) is 129 cm³/mol. The van der Waals surface area contributed by atoms with Gasteiger partial charge >= 0.3 is 0 Å². The lowest BCUT2D eigenvalue weighted by Crippen LogP contribution is -2.55. The summed E-state index contributed by atoms with van der Waals surface area (Å²) in [6, 6.07) is 0. The molecule has 1 aliphatic heterocycles. The molecule has 5 aliphatic rings. The Morgan fingerprint density at radius 2 is 1.88 bits per heavy atom. The number of carbonyl (C=O) groups excluding carboxylic acids is 1. The standard InChI is InChI=1S/C28H40FN3O2/c1-26(34)10-11-27(2)18(13-26)4-5-19-20-6-7-22(28(20,3)9-8-21(19)27)24(33)16-32-15-17-12-25(29)30-14-23(17)31-32/h14-15,18-22,25,34H,4-13,16H2,1-3H3/t18-,19-,20-,21-,22+,25?,26+,27-,28-/m0/s1. The first-order valence-electron chi connectivity index (χ1n) is 13.6. The molecule has 0 amide bonds. The fourth-order valence-corrected chi connectivity index (χ4v) is 9.44. The number of nitrogens with zero attached hydrogens (tertiary/aromatic N) is 3. The molecule has 4 aliphatic carbocycles. The third kappa shape index (κ3) is 3.45. The zero-order valence-corrected chi connectivity index (χ0v) is 21.0. The lowest BCUT2D eigenvalue weighted by Gasteiger charge is -2.61. The quantitative estimate of drug-likeness (QED) is 0.624. The Kier molecular flexibility index (Phi) is 5.19. The molecular formula is C28H40FN3O2. The van der Waals surface area contributed by atoms with E-state index in [1.54, 1.807) is 4.68 Å². The van der Waals surface area contributed by atoms with Gasteiger partial charge in [-0.25, -0.2) is 4.39 Å². The minimum absolute atomic E-state index is 0.0832. The average Bonchev–Trinajstić information content (AvgIpc) is 3.33. The van der Waals surface area contributed by atoms with Crippen LogP contribution in [0.1, 0.15) is 89.8 Å². The van der Waals surface area contributed by atoms with Crippen LogP contribution < -0.4 is 0 Å². The molecule has 6 heteroatoms. The van der Waals surface area contributed by atoms with E-state index in [0.717, 1.165) is 49.5 Å². The van der Waals surface area contributed by atoms with Gasteiger partial charge in [-0.2, -0.15) is 5.10 Å². The van der Waals surface area contributed by atoms with Crippen molar-refractivity contribution >= 4 is 12.0 Å². The molecule has 1 aromatic rings. The van der Waals surface area contributed by atoms with E-state index in [9.17, 15) is 14.3 Å². The molecule has 186 valence electrons. The van der Waals surface area contributed by atoms with Crippen LogP contribution in [0, 0.1) is 40.4 Å². The molecular weight excluding hydrogens is 429 g/mol. The van der Waals surface area contributed by atoms with E-state index in [4.69, 9.17) is 0 Å². The lowest BCUT2D eigenvalue weighted by atomic mass is 9.44. The number of alkyl halides is 1. The van der Waals surface area contributed by atoms with E-state index in [2.05, 4.69) is 23.9 Å². The van der Waals surface area contributed by atoms with Crippen molar-refractivity contribution in [3.63, 3.8) is 0 Å². The van der Waals surface area contributed by atoms with Crippen LogP contribution in [0.4, 0.5) is 4.39 Å². The first-order valence-corrected chi connectivity index (χ1v) is 13.6. The number of halogens is 1. The first-order chi connectivity index (χ1) is 16.1. The fourth-order valence-electron chi connectivity index (χ4n) is 9.44. The summed E-state index contributed by atoms with van der Waals surface area (Å²) < 4.78 is 15.3. The molecule has 1 aromatic heterocycles. The molecule has 1 N–H and O–H groups in total. The van der Waals surface area contributed by atoms with Crippen molar-refractivity contribution in [2.24, 2.45) is 45.4 Å². The molecule has 1 unspecified atom stereocenters. The van der Waals surface area contributed by atoms with Crippen LogP contribution >= 0.6 is 0 Å². The summed E-state index contributed by atoms with van der Waals surface area (Å²) in [6.45, 7) is 7.24. The molecule has 0 saturated heterocycles. The van der Waals surface area contributed by atoms with Gasteiger partial charge in [0.15, 0.2) is 12.1 Å². The number of fused-ring (bicyclic) bond motifs is 6. The summed E-state index contributed by atoms with van der Waals surface area (Å²) in [6.07, 6.45) is 12.4. The minimum Gasteiger partial charge on any atom is -0.390 e. The number of aromatic nitrogens is 2. The summed E-state index contributed by atoms with van der Waals surface area (Å²) in [4.78, 5) is 17.4. The molecule has 4 saturated carbocycles. The Labute approximate surface area is 202 Å². The van der Waals surface area contributed by atoms with E-state index in [1.807, 2.05) is 13.1 Å². The molecule has 9 atom stereocenters. The second kappa shape index (κ2) is 7.72.